The van der Waals surface area contributed by atoms with Gasteiger partial charge in [0.2, 0.25) is 5.95 Å². The van der Waals surface area contributed by atoms with E-state index in [1.165, 1.54) is 10.7 Å². The zero-order valence-corrected chi connectivity index (χ0v) is 15.9. The number of hydrogen-bond donors (Lipinski definition) is 3. The second-order valence-corrected chi connectivity index (χ2v) is 7.22. The molecular formula is C17H24ClN5O3. The van der Waals surface area contributed by atoms with Gasteiger partial charge in [0.05, 0.1) is 40.8 Å². The number of aromatic nitrogens is 3. The third kappa shape index (κ3) is 4.43. The molecule has 0 spiro atoms. The fraction of sp³-hybridized carbons (Fsp3) is 0.588. The third-order valence-electron chi connectivity index (χ3n) is 4.40. The largest absolute Gasteiger partial charge is 0.391 e. The Bertz CT molecular complexity index is 803. The molecule has 0 amide bonds. The Morgan fingerprint density at radius 1 is 1.54 bits per heavy atom. The average Bonchev–Trinajstić information content (AvgIpc) is 2.85. The molecule has 4 N–H and O–H groups in total. The molecule has 8 nitrogen and oxygen atoms in total. The molecule has 0 aliphatic carbocycles. The summed E-state index contributed by atoms with van der Waals surface area (Å²) in [4.78, 5) is 3.87. The number of nitriles is 1. The lowest BCUT2D eigenvalue weighted by Crippen LogP contribution is -2.28. The van der Waals surface area contributed by atoms with Gasteiger partial charge in [-0.1, -0.05) is 18.5 Å². The van der Waals surface area contributed by atoms with Crippen molar-refractivity contribution in [1.82, 2.24) is 14.6 Å². The molecule has 1 aliphatic heterocycles. The van der Waals surface area contributed by atoms with Crippen LogP contribution in [0.1, 0.15) is 50.8 Å². The summed E-state index contributed by atoms with van der Waals surface area (Å²) in [5.74, 6) is -0.274. The minimum Gasteiger partial charge on any atom is -0.391 e. The van der Waals surface area contributed by atoms with Crippen molar-refractivity contribution < 1.29 is 14.9 Å². The van der Waals surface area contributed by atoms with Crippen molar-refractivity contribution in [1.29, 1.82) is 5.26 Å². The molecule has 2 atom stereocenters. The van der Waals surface area contributed by atoms with E-state index in [4.69, 9.17) is 27.2 Å². The Morgan fingerprint density at radius 3 is 2.69 bits per heavy atom. The van der Waals surface area contributed by atoms with Gasteiger partial charge in [-0.3, -0.25) is 0 Å². The van der Waals surface area contributed by atoms with Crippen LogP contribution in [0.25, 0.3) is 5.52 Å². The highest BCUT2D eigenvalue weighted by Gasteiger charge is 2.31. The van der Waals surface area contributed by atoms with Crippen molar-refractivity contribution in [3.8, 4) is 6.07 Å². The summed E-state index contributed by atoms with van der Waals surface area (Å²) in [6.45, 7) is 6.50. The van der Waals surface area contributed by atoms with Crippen LogP contribution in [0.4, 0.5) is 5.95 Å². The van der Waals surface area contributed by atoms with Crippen molar-refractivity contribution in [3.05, 3.63) is 22.5 Å². The molecule has 2 aromatic rings. The van der Waals surface area contributed by atoms with E-state index in [2.05, 4.69) is 16.2 Å². The maximum atomic E-state index is 10.2. The smallest absolute Gasteiger partial charge is 0.238 e. The number of aliphatic hydroxyl groups excluding tert-OH is 1. The zero-order valence-electron chi connectivity index (χ0n) is 15.1. The molecule has 0 bridgehead atoms. The highest BCUT2D eigenvalue weighted by atomic mass is 35.5. The molecule has 1 fully saturated rings. The summed E-state index contributed by atoms with van der Waals surface area (Å²) < 4.78 is 6.41. The Morgan fingerprint density at radius 2 is 2.23 bits per heavy atom. The number of ether oxygens (including phenoxy) is 1. The van der Waals surface area contributed by atoms with Gasteiger partial charge < -0.3 is 20.7 Å². The SMILES string of the molecule is CC(c1c(C#N)c(Cl)c2cnc(N)nn12)C(C)(C)O.OC1CCCOC1. The maximum absolute atomic E-state index is 10.2. The van der Waals surface area contributed by atoms with Gasteiger partial charge >= 0.3 is 0 Å². The van der Waals surface area contributed by atoms with Gasteiger partial charge in [-0.05, 0) is 26.7 Å². The summed E-state index contributed by atoms with van der Waals surface area (Å²) in [6, 6.07) is 2.05. The second-order valence-electron chi connectivity index (χ2n) is 6.85. The number of nitrogens with zero attached hydrogens (tertiary/aromatic N) is 4. The van der Waals surface area contributed by atoms with Crippen LogP contribution in [-0.2, 0) is 4.74 Å². The lowest BCUT2D eigenvalue weighted by Gasteiger charge is -2.25. The summed E-state index contributed by atoms with van der Waals surface area (Å²) in [5, 5.41) is 32.6. The standard InChI is InChI=1S/C12H14ClN5O.C5H10O2/c1-6(12(2,3)19)10-7(4-14)9(13)8-5-16-11(15)17-18(8)10;6-5-2-1-3-7-4-5/h5-6,19H,1-3H3,(H2,15,17);5-6H,1-4H2. The van der Waals surface area contributed by atoms with Crippen LogP contribution in [-0.4, -0.2) is 49.7 Å². The number of aliphatic hydroxyl groups is 2. The Kier molecular flexibility index (Phi) is 6.42. The van der Waals surface area contributed by atoms with E-state index < -0.39 is 5.60 Å². The number of rotatable bonds is 2. The molecule has 2 unspecified atom stereocenters. The molecule has 0 saturated carbocycles. The van der Waals surface area contributed by atoms with E-state index in [-0.39, 0.29) is 28.6 Å². The van der Waals surface area contributed by atoms with Gasteiger partial charge in [-0.2, -0.15) is 5.26 Å². The molecule has 0 radical (unpaired) electrons. The van der Waals surface area contributed by atoms with Gasteiger partial charge in [0.25, 0.3) is 0 Å². The fourth-order valence-corrected chi connectivity index (χ4v) is 2.88. The van der Waals surface area contributed by atoms with Crippen molar-refractivity contribution in [2.45, 2.75) is 51.2 Å². The number of anilines is 1. The van der Waals surface area contributed by atoms with Crippen LogP contribution in [0.3, 0.4) is 0 Å². The molecule has 0 aromatic carbocycles. The summed E-state index contributed by atoms with van der Waals surface area (Å²) in [6.07, 6.45) is 3.21. The van der Waals surface area contributed by atoms with Crippen LogP contribution < -0.4 is 5.73 Å². The summed E-state index contributed by atoms with van der Waals surface area (Å²) >= 11 is 6.16. The predicted molar refractivity (Wildman–Crippen MR) is 97.9 cm³/mol. The first-order chi connectivity index (χ1) is 12.2. The Balaban J connectivity index is 0.000000290. The lowest BCUT2D eigenvalue weighted by molar-refractivity contribution is -0.00535. The Hall–Kier alpha value is -1.92. The highest BCUT2D eigenvalue weighted by Crippen LogP contribution is 2.36. The zero-order chi connectivity index (χ0) is 19.5. The van der Waals surface area contributed by atoms with E-state index in [0.29, 0.717) is 17.8 Å². The molecule has 1 saturated heterocycles. The molecule has 3 rings (SSSR count). The quantitative estimate of drug-likeness (QED) is 0.723. The van der Waals surface area contributed by atoms with Crippen LogP contribution >= 0.6 is 11.6 Å². The van der Waals surface area contributed by atoms with E-state index >= 15 is 0 Å². The second kappa shape index (κ2) is 8.18. The number of nitrogens with two attached hydrogens (primary N) is 1. The van der Waals surface area contributed by atoms with Crippen LogP contribution in [0.15, 0.2) is 6.20 Å². The van der Waals surface area contributed by atoms with Crippen molar-refractivity contribution in [3.63, 3.8) is 0 Å². The van der Waals surface area contributed by atoms with Gasteiger partial charge in [0.1, 0.15) is 11.6 Å². The van der Waals surface area contributed by atoms with E-state index in [0.717, 1.165) is 19.4 Å². The fourth-order valence-electron chi connectivity index (χ4n) is 2.61. The minimum absolute atomic E-state index is 0.0767. The molecule has 26 heavy (non-hydrogen) atoms. The van der Waals surface area contributed by atoms with Crippen molar-refractivity contribution in [2.75, 3.05) is 18.9 Å². The number of halogens is 1. The average molecular weight is 382 g/mol. The first-order valence-corrected chi connectivity index (χ1v) is 8.75. The number of nitrogen functional groups attached to an aromatic ring is 1. The molecular weight excluding hydrogens is 358 g/mol. The van der Waals surface area contributed by atoms with Crippen LogP contribution in [0.5, 0.6) is 0 Å². The number of hydrogen-bond acceptors (Lipinski definition) is 7. The summed E-state index contributed by atoms with van der Waals surface area (Å²) in [7, 11) is 0. The minimum atomic E-state index is -1.02. The molecule has 2 aromatic heterocycles. The molecule has 142 valence electrons. The Labute approximate surface area is 157 Å². The van der Waals surface area contributed by atoms with E-state index in [9.17, 15) is 10.4 Å². The van der Waals surface area contributed by atoms with Crippen LogP contribution in [0.2, 0.25) is 5.02 Å². The van der Waals surface area contributed by atoms with Crippen molar-refractivity contribution in [2.24, 2.45) is 0 Å². The van der Waals surface area contributed by atoms with Gasteiger partial charge in [0, 0.05) is 12.5 Å². The first kappa shape index (κ1) is 20.4. The lowest BCUT2D eigenvalue weighted by atomic mass is 9.88. The third-order valence-corrected chi connectivity index (χ3v) is 4.78. The molecule has 3 heterocycles. The molecule has 1 aliphatic rings. The van der Waals surface area contributed by atoms with Gasteiger partial charge in [-0.15, -0.1) is 5.10 Å². The van der Waals surface area contributed by atoms with E-state index in [1.54, 1.807) is 20.8 Å². The van der Waals surface area contributed by atoms with Crippen molar-refractivity contribution >= 4 is 23.1 Å². The highest BCUT2D eigenvalue weighted by molar-refractivity contribution is 6.35. The predicted octanol–water partition coefficient (Wildman–Crippen LogP) is 1.87. The van der Waals surface area contributed by atoms with E-state index in [1.807, 2.05) is 0 Å². The van der Waals surface area contributed by atoms with Gasteiger partial charge in [0.15, 0.2) is 0 Å². The normalized spacial score (nSPS) is 18.7. The van der Waals surface area contributed by atoms with Crippen LogP contribution in [0, 0.1) is 11.3 Å². The topological polar surface area (TPSA) is 130 Å². The monoisotopic (exact) mass is 381 g/mol. The summed E-state index contributed by atoms with van der Waals surface area (Å²) in [5.41, 5.74) is 5.86. The van der Waals surface area contributed by atoms with Gasteiger partial charge in [-0.25, -0.2) is 9.50 Å². The number of fused-ring (bicyclic) bond motifs is 1. The maximum Gasteiger partial charge on any atom is 0.238 e. The molecule has 9 heteroatoms. The first-order valence-electron chi connectivity index (χ1n) is 8.37.